The molecule has 2 aliphatic heterocycles. The number of carbonyl (C=O) groups is 1. The minimum absolute atomic E-state index is 0.485. The van der Waals surface area contributed by atoms with Gasteiger partial charge in [0.05, 0.1) is 0 Å². The van der Waals surface area contributed by atoms with Crippen molar-refractivity contribution >= 4 is 5.97 Å². The summed E-state index contributed by atoms with van der Waals surface area (Å²) in [7, 11) is 2.82. The van der Waals surface area contributed by atoms with Crippen molar-refractivity contribution in [2.75, 3.05) is 14.2 Å². The van der Waals surface area contributed by atoms with Crippen LogP contribution < -0.4 is 0 Å². The standard InChI is InChI=1S/C10H12F3NO5/c1-16-7-5-3-4-6(8(7)17-2)18-14(5)19-9(15)10(11,12)13/h3-8H,1-2H3. The van der Waals surface area contributed by atoms with Crippen molar-refractivity contribution in [2.45, 2.75) is 30.5 Å². The molecule has 4 atom stereocenters. The number of fused-ring (bicyclic) bond motifs is 2. The summed E-state index contributed by atoms with van der Waals surface area (Å²) in [4.78, 5) is 20.1. The maximum atomic E-state index is 12.1. The van der Waals surface area contributed by atoms with Crippen LogP contribution in [0, 0.1) is 0 Å². The van der Waals surface area contributed by atoms with Crippen LogP contribution in [0.3, 0.4) is 0 Å². The number of hydrogen-bond donors (Lipinski definition) is 0. The van der Waals surface area contributed by atoms with E-state index in [-0.39, 0.29) is 0 Å². The quantitative estimate of drug-likeness (QED) is 0.707. The van der Waals surface area contributed by atoms with Gasteiger partial charge in [-0.05, 0) is 5.23 Å². The van der Waals surface area contributed by atoms with Gasteiger partial charge >= 0.3 is 12.1 Å². The van der Waals surface area contributed by atoms with Gasteiger partial charge in [0, 0.05) is 14.2 Å². The molecule has 6 nitrogen and oxygen atoms in total. The van der Waals surface area contributed by atoms with Gasteiger partial charge in [0.1, 0.15) is 24.4 Å². The highest BCUT2D eigenvalue weighted by Gasteiger charge is 2.51. The molecule has 19 heavy (non-hydrogen) atoms. The van der Waals surface area contributed by atoms with Crippen LogP contribution >= 0.6 is 0 Å². The lowest BCUT2D eigenvalue weighted by Crippen LogP contribution is -2.63. The van der Waals surface area contributed by atoms with Crippen LogP contribution in [-0.4, -0.2) is 55.9 Å². The molecule has 1 saturated heterocycles. The zero-order chi connectivity index (χ0) is 14.2. The Hall–Kier alpha value is -1.16. The molecule has 0 aromatic carbocycles. The topological polar surface area (TPSA) is 57.2 Å². The Morgan fingerprint density at radius 2 is 1.84 bits per heavy atom. The largest absolute Gasteiger partial charge is 0.492 e. The van der Waals surface area contributed by atoms with Crippen molar-refractivity contribution < 1.29 is 37.1 Å². The Morgan fingerprint density at radius 1 is 1.21 bits per heavy atom. The molecule has 4 unspecified atom stereocenters. The number of methoxy groups -OCH3 is 2. The van der Waals surface area contributed by atoms with Crippen molar-refractivity contribution in [3.63, 3.8) is 0 Å². The molecule has 3 rings (SSSR count). The average molecular weight is 283 g/mol. The van der Waals surface area contributed by atoms with Crippen LogP contribution in [0.15, 0.2) is 12.2 Å². The van der Waals surface area contributed by atoms with Crippen LogP contribution in [-0.2, 0) is 23.9 Å². The maximum Gasteiger partial charge on any atom is 0.492 e. The fraction of sp³-hybridized carbons (Fsp3) is 0.700. The molecule has 9 heteroatoms. The molecule has 1 aliphatic carbocycles. The zero-order valence-corrected chi connectivity index (χ0v) is 10.1. The molecule has 0 aromatic rings. The molecule has 0 spiro atoms. The lowest BCUT2D eigenvalue weighted by Gasteiger charge is -2.46. The summed E-state index contributed by atoms with van der Waals surface area (Å²) in [5.74, 6) is -2.35. The van der Waals surface area contributed by atoms with Crippen LogP contribution in [0.1, 0.15) is 0 Å². The second-order valence-corrected chi connectivity index (χ2v) is 4.01. The summed E-state index contributed by atoms with van der Waals surface area (Å²) in [6.45, 7) is 0. The van der Waals surface area contributed by atoms with Crippen molar-refractivity contribution in [2.24, 2.45) is 0 Å². The maximum absolute atomic E-state index is 12.1. The SMILES string of the molecule is COC1C2C=CC(C1OC)N(OC(=O)C(F)(F)F)O2. The van der Waals surface area contributed by atoms with E-state index in [1.54, 1.807) is 12.2 Å². The molecule has 2 heterocycles. The third-order valence-corrected chi connectivity index (χ3v) is 2.90. The van der Waals surface area contributed by atoms with Crippen LogP contribution in [0.25, 0.3) is 0 Å². The molecule has 2 bridgehead atoms. The normalized spacial score (nSPS) is 34.6. The van der Waals surface area contributed by atoms with E-state index < -0.39 is 36.5 Å². The molecule has 1 fully saturated rings. The van der Waals surface area contributed by atoms with E-state index in [2.05, 4.69) is 4.84 Å². The molecule has 0 amide bonds. The van der Waals surface area contributed by atoms with E-state index in [4.69, 9.17) is 14.3 Å². The number of alkyl halides is 3. The van der Waals surface area contributed by atoms with E-state index in [1.807, 2.05) is 0 Å². The minimum Gasteiger partial charge on any atom is -0.376 e. The van der Waals surface area contributed by atoms with Gasteiger partial charge in [-0.1, -0.05) is 12.2 Å². The lowest BCUT2D eigenvalue weighted by molar-refractivity contribution is -0.425. The Morgan fingerprint density at radius 3 is 2.37 bits per heavy atom. The van der Waals surface area contributed by atoms with Crippen molar-refractivity contribution in [3.05, 3.63) is 12.2 Å². The number of hydrogen-bond acceptors (Lipinski definition) is 6. The molecular weight excluding hydrogens is 271 g/mol. The monoisotopic (exact) mass is 283 g/mol. The van der Waals surface area contributed by atoms with Gasteiger partial charge in [0.25, 0.3) is 0 Å². The first-order valence-electron chi connectivity index (χ1n) is 5.37. The van der Waals surface area contributed by atoms with Gasteiger partial charge in [0.15, 0.2) is 0 Å². The third-order valence-electron chi connectivity index (χ3n) is 2.90. The molecule has 0 saturated carbocycles. The smallest absolute Gasteiger partial charge is 0.376 e. The Kier molecular flexibility index (Phi) is 3.81. The summed E-state index contributed by atoms with van der Waals surface area (Å²) in [6, 6.07) is -0.800. The van der Waals surface area contributed by atoms with Crippen LogP contribution in [0.2, 0.25) is 0 Å². The predicted octanol–water partition coefficient (Wildman–Crippen LogP) is 0.591. The van der Waals surface area contributed by atoms with E-state index in [1.165, 1.54) is 14.2 Å². The van der Waals surface area contributed by atoms with Crippen molar-refractivity contribution in [1.82, 2.24) is 5.23 Å². The van der Waals surface area contributed by atoms with Gasteiger partial charge in [-0.15, -0.1) is 0 Å². The summed E-state index contributed by atoms with van der Waals surface area (Å²) in [6.07, 6.45) is -3.70. The Bertz CT molecular complexity index is 386. The highest BCUT2D eigenvalue weighted by Crippen LogP contribution is 2.32. The number of halogens is 3. The number of carbonyl (C=O) groups excluding carboxylic acids is 1. The van der Waals surface area contributed by atoms with Gasteiger partial charge in [-0.3, -0.25) is 4.84 Å². The van der Waals surface area contributed by atoms with E-state index in [0.29, 0.717) is 5.23 Å². The highest BCUT2D eigenvalue weighted by molar-refractivity contribution is 5.75. The minimum atomic E-state index is -5.09. The first-order chi connectivity index (χ1) is 8.88. The zero-order valence-electron chi connectivity index (χ0n) is 10.1. The number of rotatable bonds is 3. The van der Waals surface area contributed by atoms with Crippen molar-refractivity contribution in [3.8, 4) is 0 Å². The molecule has 0 aromatic heterocycles. The van der Waals surface area contributed by atoms with Crippen LogP contribution in [0.5, 0.6) is 0 Å². The average Bonchev–Trinajstić information content (AvgIpc) is 2.37. The fourth-order valence-corrected chi connectivity index (χ4v) is 2.06. The first kappa shape index (κ1) is 14.3. The Balaban J connectivity index is 2.11. The lowest BCUT2D eigenvalue weighted by atomic mass is 9.92. The molecule has 0 radical (unpaired) electrons. The van der Waals surface area contributed by atoms with Gasteiger partial charge in [-0.25, -0.2) is 4.79 Å². The summed E-state index contributed by atoms with van der Waals surface area (Å²) < 4.78 is 46.7. The van der Waals surface area contributed by atoms with Gasteiger partial charge in [-0.2, -0.15) is 13.2 Å². The fourth-order valence-electron chi connectivity index (χ4n) is 2.06. The molecule has 108 valence electrons. The van der Waals surface area contributed by atoms with Crippen LogP contribution in [0.4, 0.5) is 13.2 Å². The second-order valence-electron chi connectivity index (χ2n) is 4.01. The summed E-state index contributed by atoms with van der Waals surface area (Å²) in [5, 5.41) is 0.504. The highest BCUT2D eigenvalue weighted by atomic mass is 19.4. The second kappa shape index (κ2) is 5.08. The van der Waals surface area contributed by atoms with Crippen molar-refractivity contribution in [1.29, 1.82) is 0 Å². The third kappa shape index (κ3) is 2.59. The first-order valence-corrected chi connectivity index (χ1v) is 5.37. The van der Waals surface area contributed by atoms with Gasteiger partial charge < -0.3 is 14.3 Å². The van der Waals surface area contributed by atoms with E-state index in [9.17, 15) is 18.0 Å². The summed E-state index contributed by atoms with van der Waals surface area (Å²) in [5.41, 5.74) is 0. The Labute approximate surface area is 106 Å². The molecule has 3 aliphatic rings. The predicted molar refractivity (Wildman–Crippen MR) is 53.4 cm³/mol. The van der Waals surface area contributed by atoms with E-state index in [0.717, 1.165) is 0 Å². The number of nitrogens with zero attached hydrogens (tertiary/aromatic N) is 1. The molecular formula is C10H12F3NO5. The number of hydroxylamine groups is 2. The van der Waals surface area contributed by atoms with E-state index >= 15 is 0 Å². The molecule has 0 N–H and O–H groups in total. The van der Waals surface area contributed by atoms with Gasteiger partial charge in [0.2, 0.25) is 0 Å². The summed E-state index contributed by atoms with van der Waals surface area (Å²) >= 11 is 0. The number of ether oxygens (including phenoxy) is 2.